The van der Waals surface area contributed by atoms with E-state index in [-0.39, 0.29) is 34.5 Å². The Kier molecular flexibility index (Phi) is 13.6. The Balaban J connectivity index is 0.000000340. The maximum Gasteiger partial charge on any atom is 0.264 e. The van der Waals surface area contributed by atoms with Crippen LogP contribution in [0.3, 0.4) is 0 Å². The van der Waals surface area contributed by atoms with Gasteiger partial charge in [-0.1, -0.05) is 66.1 Å². The number of hydrogen-bond donors (Lipinski definition) is 1. The first kappa shape index (κ1) is 40.5. The maximum atomic E-state index is 13.3. The van der Waals surface area contributed by atoms with Gasteiger partial charge in [-0.25, -0.2) is 13.1 Å². The van der Waals surface area contributed by atoms with Crippen LogP contribution in [0.15, 0.2) is 48.6 Å². The lowest BCUT2D eigenvalue weighted by molar-refractivity contribution is -0.122. The molecule has 53 heavy (non-hydrogen) atoms. The summed E-state index contributed by atoms with van der Waals surface area (Å²) in [5, 5.41) is -0.0854. The Bertz CT molecular complexity index is 1740. The zero-order valence-electron chi connectivity index (χ0n) is 31.6. The fourth-order valence-electron chi connectivity index (χ4n) is 9.38. The molecule has 0 radical (unpaired) electrons. The fraction of sp³-hybridized carbons (Fsp3) is 0.619. The van der Waals surface area contributed by atoms with E-state index in [1.54, 1.807) is 37.3 Å². The van der Waals surface area contributed by atoms with Crippen molar-refractivity contribution in [1.82, 2.24) is 9.62 Å². The number of hydrogen-bond acceptors (Lipinski definition) is 7. The number of benzene rings is 2. The van der Waals surface area contributed by atoms with E-state index < -0.39 is 21.2 Å². The van der Waals surface area contributed by atoms with Gasteiger partial charge in [0.15, 0.2) is 5.78 Å². The van der Waals surface area contributed by atoms with Crippen LogP contribution in [0, 0.1) is 17.8 Å². The third-order valence-electron chi connectivity index (χ3n) is 12.8. The summed E-state index contributed by atoms with van der Waals surface area (Å²) in [6.45, 7) is 8.01. The van der Waals surface area contributed by atoms with Gasteiger partial charge in [0.2, 0.25) is 10.0 Å². The Labute approximate surface area is 336 Å². The standard InChI is InChI=1S/C32H37ClN2O5S.C9H17N.CH3I/c1-20-5-3-7-29(36)26-11-8-24(26)17-35-18-32(14-4-6-22-15-25(33)10-12-27(22)32)19-40-30-13-9-23(16-28(30)35)31(37)34-41(38,39)21(20)2;1-3-7-10-8-4-2-6-9(10)5-1;1-2/h3,7,9-10,12-13,15-16,20-21,24,26H,4-6,8,11,14,17-19H2,1-2H3,(H,34,37);9H,1-8H2;1H3/b7-3+;;/t20-,21+,24-,26+,32-;;/m0../s1. The van der Waals surface area contributed by atoms with Gasteiger partial charge in [0.25, 0.3) is 5.91 Å². The lowest BCUT2D eigenvalue weighted by Crippen LogP contribution is -2.49. The van der Waals surface area contributed by atoms with Crippen molar-refractivity contribution in [2.24, 2.45) is 17.8 Å². The second kappa shape index (κ2) is 17.8. The zero-order valence-corrected chi connectivity index (χ0v) is 35.4. The number of carbonyl (C=O) groups is 2. The second-order valence-electron chi connectivity index (χ2n) is 16.1. The van der Waals surface area contributed by atoms with E-state index in [0.717, 1.165) is 48.9 Å². The molecule has 2 saturated heterocycles. The topological polar surface area (TPSA) is 96.0 Å². The average Bonchev–Trinajstić information content (AvgIpc) is 3.30. The number of halogens is 2. The molecule has 1 spiro atoms. The highest BCUT2D eigenvalue weighted by Gasteiger charge is 2.44. The van der Waals surface area contributed by atoms with Gasteiger partial charge in [0, 0.05) is 41.1 Å². The lowest BCUT2D eigenvalue weighted by atomic mass is 9.68. The molecule has 2 aliphatic carbocycles. The molecule has 0 aromatic heterocycles. The number of nitrogens with one attached hydrogen (secondary N) is 1. The van der Waals surface area contributed by atoms with Crippen LogP contribution >= 0.6 is 34.2 Å². The molecule has 8 nitrogen and oxygen atoms in total. The SMILES string of the molecule is C1CCN2CCCCC2C1.CI.C[C@@H]1[C@@H](C)C/C=C/C(=O)[C@@H]2CC[C@H]2CN2C[C@@]3(CCCc4cc(Cl)ccc43)COc3ccc(cc32)C(=O)NS1(=O)=O. The van der Waals surface area contributed by atoms with Gasteiger partial charge < -0.3 is 14.5 Å². The van der Waals surface area contributed by atoms with Crippen molar-refractivity contribution in [2.75, 3.05) is 42.6 Å². The zero-order chi connectivity index (χ0) is 37.8. The van der Waals surface area contributed by atoms with Gasteiger partial charge in [-0.05, 0) is 149 Å². The van der Waals surface area contributed by atoms with Crippen LogP contribution in [0.5, 0.6) is 5.75 Å². The van der Waals surface area contributed by atoms with E-state index in [1.165, 1.54) is 62.7 Å². The molecule has 2 bridgehead atoms. The predicted octanol–water partition coefficient (Wildman–Crippen LogP) is 8.53. The van der Waals surface area contributed by atoms with Crippen LogP contribution in [0.1, 0.15) is 106 Å². The maximum absolute atomic E-state index is 13.3. The van der Waals surface area contributed by atoms with Crippen LogP contribution in [0.25, 0.3) is 0 Å². The largest absolute Gasteiger partial charge is 0.490 e. The predicted molar refractivity (Wildman–Crippen MR) is 223 cm³/mol. The summed E-state index contributed by atoms with van der Waals surface area (Å²) in [5.41, 5.74) is 3.22. The third kappa shape index (κ3) is 9.12. The molecular weight excluding hydrogens is 821 g/mol. The van der Waals surface area contributed by atoms with Crippen molar-refractivity contribution in [1.29, 1.82) is 0 Å². The van der Waals surface area contributed by atoms with E-state index in [9.17, 15) is 18.0 Å². The number of piperidine rings is 2. The van der Waals surface area contributed by atoms with Gasteiger partial charge in [0.1, 0.15) is 5.75 Å². The highest BCUT2D eigenvalue weighted by atomic mass is 127. The summed E-state index contributed by atoms with van der Waals surface area (Å²) >= 11 is 8.52. The summed E-state index contributed by atoms with van der Waals surface area (Å²) < 4.78 is 35.0. The van der Waals surface area contributed by atoms with Crippen molar-refractivity contribution in [3.05, 3.63) is 70.3 Å². The van der Waals surface area contributed by atoms with Crippen LogP contribution in [0.4, 0.5) is 5.69 Å². The minimum atomic E-state index is -3.93. The second-order valence-corrected chi connectivity index (χ2v) is 18.6. The van der Waals surface area contributed by atoms with E-state index in [4.69, 9.17) is 16.3 Å². The molecule has 11 heteroatoms. The molecule has 290 valence electrons. The van der Waals surface area contributed by atoms with E-state index in [0.29, 0.717) is 31.9 Å². The molecule has 5 atom stereocenters. The summed E-state index contributed by atoms with van der Waals surface area (Å²) in [7, 11) is -3.93. The molecule has 6 aliphatic rings. The van der Waals surface area contributed by atoms with E-state index >= 15 is 0 Å². The minimum Gasteiger partial charge on any atom is -0.490 e. The van der Waals surface area contributed by atoms with E-state index in [2.05, 4.69) is 49.2 Å². The molecule has 1 amide bonds. The minimum absolute atomic E-state index is 0.0666. The number of carbonyl (C=O) groups excluding carboxylic acids is 2. The summed E-state index contributed by atoms with van der Waals surface area (Å²) in [6, 6.07) is 12.3. The van der Waals surface area contributed by atoms with Crippen molar-refractivity contribution >= 4 is 61.6 Å². The highest BCUT2D eigenvalue weighted by Crippen LogP contribution is 2.46. The number of amides is 1. The Morgan fingerprint density at radius 3 is 2.40 bits per heavy atom. The van der Waals surface area contributed by atoms with Crippen molar-refractivity contribution in [3.8, 4) is 5.75 Å². The highest BCUT2D eigenvalue weighted by molar-refractivity contribution is 14.1. The molecule has 8 rings (SSSR count). The first-order valence-electron chi connectivity index (χ1n) is 19.7. The molecule has 1 N–H and O–H groups in total. The van der Waals surface area contributed by atoms with Gasteiger partial charge in [-0.2, -0.15) is 0 Å². The molecule has 0 unspecified atom stereocenters. The number of rotatable bonds is 0. The molecule has 4 aliphatic heterocycles. The first-order chi connectivity index (χ1) is 25.5. The molecule has 3 fully saturated rings. The molecular formula is C42H57ClIN3O5S. The van der Waals surface area contributed by atoms with Gasteiger partial charge >= 0.3 is 0 Å². The number of sulfonamides is 1. The van der Waals surface area contributed by atoms with Crippen LogP contribution in [0.2, 0.25) is 5.02 Å². The Hall–Kier alpha value is -2.15. The number of allylic oxidation sites excluding steroid dienone is 2. The van der Waals surface area contributed by atoms with Crippen molar-refractivity contribution in [2.45, 2.75) is 108 Å². The quantitative estimate of drug-likeness (QED) is 0.210. The van der Waals surface area contributed by atoms with Crippen LogP contribution in [-0.2, 0) is 26.7 Å². The number of ketones is 1. The summed E-state index contributed by atoms with van der Waals surface area (Å²) in [6.07, 6.45) is 17.5. The van der Waals surface area contributed by atoms with Crippen molar-refractivity contribution < 1.29 is 22.7 Å². The molecule has 2 aromatic rings. The molecule has 1 saturated carbocycles. The normalized spacial score (nSPS) is 30.5. The lowest BCUT2D eigenvalue weighted by Gasteiger charge is -2.44. The number of nitrogens with zero attached hydrogens (tertiary/aromatic N) is 2. The monoisotopic (exact) mass is 877 g/mol. The smallest absolute Gasteiger partial charge is 0.264 e. The van der Waals surface area contributed by atoms with Gasteiger partial charge in [-0.3, -0.25) is 9.59 Å². The molecule has 4 heterocycles. The van der Waals surface area contributed by atoms with Gasteiger partial charge in [-0.15, -0.1) is 0 Å². The number of aryl methyl sites for hydroxylation is 1. The molecule has 2 aromatic carbocycles. The fourth-order valence-corrected chi connectivity index (χ4v) is 10.9. The number of alkyl halides is 1. The first-order valence-corrected chi connectivity index (χ1v) is 23.8. The number of ether oxygens (including phenoxy) is 1. The summed E-state index contributed by atoms with van der Waals surface area (Å²) in [4.78, 5) is 33.5. The van der Waals surface area contributed by atoms with Crippen molar-refractivity contribution in [3.63, 3.8) is 0 Å². The Morgan fingerprint density at radius 1 is 0.943 bits per heavy atom. The van der Waals surface area contributed by atoms with Crippen LogP contribution in [-0.4, -0.2) is 74.0 Å². The third-order valence-corrected chi connectivity index (χ3v) is 15.0. The number of fused-ring (bicyclic) bond motifs is 5. The Morgan fingerprint density at radius 2 is 1.70 bits per heavy atom. The summed E-state index contributed by atoms with van der Waals surface area (Å²) in [5.74, 6) is -0.0319. The average molecular weight is 878 g/mol. The van der Waals surface area contributed by atoms with Crippen LogP contribution < -0.4 is 14.4 Å². The van der Waals surface area contributed by atoms with Gasteiger partial charge in [0.05, 0.1) is 17.5 Å². The number of anilines is 1. The van der Waals surface area contributed by atoms with E-state index in [1.807, 2.05) is 17.9 Å².